The zero-order valence-corrected chi connectivity index (χ0v) is 12.9. The van der Waals surface area contributed by atoms with Gasteiger partial charge in [-0.3, -0.25) is 4.90 Å². The minimum Gasteiger partial charge on any atom is -0.330 e. The van der Waals surface area contributed by atoms with E-state index in [1.54, 1.807) is 11.8 Å². The summed E-state index contributed by atoms with van der Waals surface area (Å²) in [5.41, 5.74) is 2.24. The first-order chi connectivity index (χ1) is 9.72. The number of imidazole rings is 1. The molecular formula is C15H20N4S. The van der Waals surface area contributed by atoms with E-state index in [9.17, 15) is 0 Å². The monoisotopic (exact) mass is 288 g/mol. The van der Waals surface area contributed by atoms with Crippen LogP contribution in [0.4, 0.5) is 0 Å². The lowest BCUT2D eigenvalue weighted by Gasteiger charge is -2.15. The molecule has 0 saturated carbocycles. The molecule has 0 atom stereocenters. The highest BCUT2D eigenvalue weighted by atomic mass is 32.2. The van der Waals surface area contributed by atoms with Gasteiger partial charge in [-0.15, -0.1) is 11.8 Å². The predicted octanol–water partition coefficient (Wildman–Crippen LogP) is 2.65. The number of aryl methyl sites for hydroxylation is 1. The third kappa shape index (κ3) is 3.75. The van der Waals surface area contributed by atoms with E-state index < -0.39 is 0 Å². The van der Waals surface area contributed by atoms with Crippen LogP contribution in [0.15, 0.2) is 24.3 Å². The lowest BCUT2D eigenvalue weighted by molar-refractivity contribution is 0.317. The van der Waals surface area contributed by atoms with Gasteiger partial charge in [-0.25, -0.2) is 4.98 Å². The van der Waals surface area contributed by atoms with Crippen LogP contribution in [0, 0.1) is 11.3 Å². The van der Waals surface area contributed by atoms with Crippen molar-refractivity contribution in [2.24, 2.45) is 7.05 Å². The number of benzene rings is 1. The molecule has 1 aromatic carbocycles. The van der Waals surface area contributed by atoms with E-state index in [1.165, 1.54) is 5.52 Å². The lowest BCUT2D eigenvalue weighted by Crippen LogP contribution is -2.21. The molecule has 0 aliphatic rings. The maximum absolute atomic E-state index is 8.48. The number of rotatable bonds is 7. The number of hydrogen-bond acceptors (Lipinski definition) is 4. The first kappa shape index (κ1) is 14.9. The summed E-state index contributed by atoms with van der Waals surface area (Å²) in [6.07, 6.45) is 1.10. The second-order valence-electron chi connectivity index (χ2n) is 4.88. The first-order valence-corrected chi connectivity index (χ1v) is 7.91. The molecule has 2 aromatic rings. The largest absolute Gasteiger partial charge is 0.330 e. The standard InChI is InChI=1S/C15H20N4S/c1-18(9-5-10-20-11-8-16)12-15-17-13-6-3-4-7-14(13)19(15)2/h3-4,6-7H,5,9-12H2,1-2H3. The zero-order valence-electron chi connectivity index (χ0n) is 12.0. The Hall–Kier alpha value is -1.51. The first-order valence-electron chi connectivity index (χ1n) is 6.76. The second kappa shape index (κ2) is 7.32. The van der Waals surface area contributed by atoms with E-state index in [4.69, 9.17) is 5.26 Å². The molecular weight excluding hydrogens is 268 g/mol. The van der Waals surface area contributed by atoms with Crippen molar-refractivity contribution in [2.45, 2.75) is 13.0 Å². The number of thioether (sulfide) groups is 1. The number of aromatic nitrogens is 2. The Morgan fingerprint density at radius 1 is 1.40 bits per heavy atom. The molecule has 2 rings (SSSR count). The van der Waals surface area contributed by atoms with E-state index in [1.807, 2.05) is 12.1 Å². The van der Waals surface area contributed by atoms with Gasteiger partial charge >= 0.3 is 0 Å². The van der Waals surface area contributed by atoms with Crippen molar-refractivity contribution in [2.75, 3.05) is 25.1 Å². The Morgan fingerprint density at radius 3 is 2.95 bits per heavy atom. The van der Waals surface area contributed by atoms with Crippen LogP contribution < -0.4 is 0 Å². The van der Waals surface area contributed by atoms with Crippen LogP contribution in [0.2, 0.25) is 0 Å². The molecule has 5 heteroatoms. The number of hydrogen-bond donors (Lipinski definition) is 0. The fourth-order valence-corrected chi connectivity index (χ4v) is 2.78. The molecule has 20 heavy (non-hydrogen) atoms. The van der Waals surface area contributed by atoms with E-state index in [0.717, 1.165) is 36.6 Å². The molecule has 0 spiro atoms. The maximum Gasteiger partial charge on any atom is 0.123 e. The van der Waals surface area contributed by atoms with Gasteiger partial charge in [0.1, 0.15) is 5.82 Å². The molecule has 0 radical (unpaired) electrons. The third-order valence-electron chi connectivity index (χ3n) is 3.29. The predicted molar refractivity (Wildman–Crippen MR) is 84.6 cm³/mol. The number of nitriles is 1. The summed E-state index contributed by atoms with van der Waals surface area (Å²) in [6, 6.07) is 10.4. The van der Waals surface area contributed by atoms with Gasteiger partial charge in [-0.2, -0.15) is 5.26 Å². The summed E-state index contributed by atoms with van der Waals surface area (Å²) in [5.74, 6) is 2.73. The van der Waals surface area contributed by atoms with E-state index in [-0.39, 0.29) is 0 Å². The fraction of sp³-hybridized carbons (Fsp3) is 0.467. The molecule has 106 valence electrons. The summed E-state index contributed by atoms with van der Waals surface area (Å²) in [5, 5.41) is 8.48. The van der Waals surface area contributed by atoms with Crippen molar-refractivity contribution in [1.82, 2.24) is 14.5 Å². The lowest BCUT2D eigenvalue weighted by atomic mass is 10.3. The van der Waals surface area contributed by atoms with Gasteiger partial charge in [0.2, 0.25) is 0 Å². The van der Waals surface area contributed by atoms with Crippen LogP contribution in [0.25, 0.3) is 11.0 Å². The van der Waals surface area contributed by atoms with Crippen LogP contribution in [0.3, 0.4) is 0 Å². The summed E-state index contributed by atoms with van der Waals surface area (Å²) in [4.78, 5) is 6.97. The van der Waals surface area contributed by atoms with Crippen LogP contribution in [-0.4, -0.2) is 39.5 Å². The van der Waals surface area contributed by atoms with Crippen LogP contribution in [0.5, 0.6) is 0 Å². The number of nitrogens with zero attached hydrogens (tertiary/aromatic N) is 4. The minimum absolute atomic E-state index is 0.592. The Labute approximate surface area is 124 Å². The van der Waals surface area contributed by atoms with Gasteiger partial charge < -0.3 is 4.57 Å². The molecule has 1 aromatic heterocycles. The smallest absolute Gasteiger partial charge is 0.123 e. The van der Waals surface area contributed by atoms with Crippen molar-refractivity contribution in [1.29, 1.82) is 5.26 Å². The van der Waals surface area contributed by atoms with Crippen molar-refractivity contribution in [3.05, 3.63) is 30.1 Å². The van der Waals surface area contributed by atoms with Gasteiger partial charge in [-0.05, 0) is 37.9 Å². The zero-order chi connectivity index (χ0) is 14.4. The highest BCUT2D eigenvalue weighted by Gasteiger charge is 2.09. The normalized spacial score (nSPS) is 11.1. The van der Waals surface area contributed by atoms with Crippen molar-refractivity contribution in [3.8, 4) is 6.07 Å². The van der Waals surface area contributed by atoms with Crippen LogP contribution >= 0.6 is 11.8 Å². The highest BCUT2D eigenvalue weighted by Crippen LogP contribution is 2.15. The average Bonchev–Trinajstić information content (AvgIpc) is 2.76. The molecule has 0 aliphatic heterocycles. The summed E-state index contributed by atoms with van der Waals surface area (Å²) in [7, 11) is 4.19. The third-order valence-corrected chi connectivity index (χ3v) is 4.20. The Bertz CT molecular complexity index is 599. The second-order valence-corrected chi connectivity index (χ2v) is 5.98. The molecule has 1 heterocycles. The maximum atomic E-state index is 8.48. The van der Waals surface area contributed by atoms with Crippen molar-refractivity contribution >= 4 is 22.8 Å². The summed E-state index contributed by atoms with van der Waals surface area (Å²) >= 11 is 1.70. The molecule has 0 unspecified atom stereocenters. The van der Waals surface area contributed by atoms with Crippen molar-refractivity contribution < 1.29 is 0 Å². The Balaban J connectivity index is 1.88. The van der Waals surface area contributed by atoms with E-state index in [2.05, 4.69) is 46.7 Å². The quantitative estimate of drug-likeness (QED) is 0.735. The van der Waals surface area contributed by atoms with E-state index in [0.29, 0.717) is 5.75 Å². The fourth-order valence-electron chi connectivity index (χ4n) is 2.21. The molecule has 0 amide bonds. The SMILES string of the molecule is CN(CCCSCC#N)Cc1nc2ccccc2n1C. The Kier molecular flexibility index (Phi) is 5.45. The molecule has 0 saturated heterocycles. The minimum atomic E-state index is 0.592. The Morgan fingerprint density at radius 2 is 2.20 bits per heavy atom. The number of fused-ring (bicyclic) bond motifs is 1. The molecule has 0 aliphatic carbocycles. The number of para-hydroxylation sites is 2. The molecule has 0 bridgehead atoms. The van der Waals surface area contributed by atoms with Crippen molar-refractivity contribution in [3.63, 3.8) is 0 Å². The van der Waals surface area contributed by atoms with Gasteiger partial charge in [0.15, 0.2) is 0 Å². The van der Waals surface area contributed by atoms with Gasteiger partial charge in [0.25, 0.3) is 0 Å². The molecule has 4 nitrogen and oxygen atoms in total. The summed E-state index contributed by atoms with van der Waals surface area (Å²) in [6.45, 7) is 1.88. The molecule has 0 fully saturated rings. The van der Waals surface area contributed by atoms with Gasteiger partial charge in [-0.1, -0.05) is 12.1 Å². The topological polar surface area (TPSA) is 44.9 Å². The van der Waals surface area contributed by atoms with Gasteiger partial charge in [0, 0.05) is 7.05 Å². The van der Waals surface area contributed by atoms with E-state index >= 15 is 0 Å². The van der Waals surface area contributed by atoms with Crippen LogP contribution in [-0.2, 0) is 13.6 Å². The average molecular weight is 288 g/mol. The molecule has 0 N–H and O–H groups in total. The summed E-state index contributed by atoms with van der Waals surface area (Å²) < 4.78 is 2.16. The highest BCUT2D eigenvalue weighted by molar-refractivity contribution is 7.99. The van der Waals surface area contributed by atoms with Crippen LogP contribution in [0.1, 0.15) is 12.2 Å². The van der Waals surface area contributed by atoms with Gasteiger partial charge in [0.05, 0.1) is 29.4 Å².